The van der Waals surface area contributed by atoms with E-state index in [4.69, 9.17) is 4.74 Å². The lowest BCUT2D eigenvalue weighted by molar-refractivity contribution is 0.386. The number of nitrogens with zero attached hydrogens (tertiary/aromatic N) is 2. The highest BCUT2D eigenvalue weighted by Gasteiger charge is 2.14. The number of hydrogen-bond acceptors (Lipinski definition) is 4. The number of aromatic nitrogens is 2. The first kappa shape index (κ1) is 16.1. The fourth-order valence-corrected chi connectivity index (χ4v) is 2.69. The maximum absolute atomic E-state index is 13.8. The second kappa shape index (κ2) is 6.77. The lowest BCUT2D eigenvalue weighted by Crippen LogP contribution is -1.95. The zero-order valence-corrected chi connectivity index (χ0v) is 13.7. The number of halogens is 2. The Hall–Kier alpha value is -2.78. The lowest BCUT2D eigenvalue weighted by atomic mass is 10.1. The van der Waals surface area contributed by atoms with E-state index >= 15 is 0 Å². The normalized spacial score (nSPS) is 10.2. The molecule has 2 heterocycles. The summed E-state index contributed by atoms with van der Waals surface area (Å²) in [6, 6.07) is 5.34. The summed E-state index contributed by atoms with van der Waals surface area (Å²) in [4.78, 5) is 8.48. The van der Waals surface area contributed by atoms with Gasteiger partial charge in [-0.2, -0.15) is 0 Å². The van der Waals surface area contributed by atoms with E-state index < -0.39 is 11.6 Å². The topological polar surface area (TPSA) is 35.0 Å². The van der Waals surface area contributed by atoms with Gasteiger partial charge in [-0.25, -0.2) is 13.8 Å². The molecule has 1 aromatic carbocycles. The van der Waals surface area contributed by atoms with Crippen molar-refractivity contribution in [1.82, 2.24) is 9.97 Å². The third kappa shape index (κ3) is 3.42. The van der Waals surface area contributed by atoms with E-state index in [-0.39, 0.29) is 11.3 Å². The molecule has 0 aliphatic heterocycles. The Kier molecular flexibility index (Phi) is 4.54. The van der Waals surface area contributed by atoms with Crippen molar-refractivity contribution in [1.29, 1.82) is 0 Å². The fourth-order valence-electron chi connectivity index (χ4n) is 2.14. The molecule has 0 saturated heterocycles. The molecular formula is C18H12F2N2OS. The number of ether oxygens (including phenoxy) is 1. The largest absolute Gasteiger partial charge is 0.493 e. The van der Waals surface area contributed by atoms with Gasteiger partial charge in [0.15, 0.2) is 11.6 Å². The van der Waals surface area contributed by atoms with Gasteiger partial charge in [-0.15, -0.1) is 11.3 Å². The summed E-state index contributed by atoms with van der Waals surface area (Å²) in [5.41, 5.74) is 2.04. The number of aryl methyl sites for hydroxylation is 1. The lowest BCUT2D eigenvalue weighted by Gasteiger charge is -2.09. The quantitative estimate of drug-likeness (QED) is 0.655. The van der Waals surface area contributed by atoms with Crippen molar-refractivity contribution in [3.63, 3.8) is 0 Å². The van der Waals surface area contributed by atoms with E-state index in [1.807, 2.05) is 12.3 Å². The Morgan fingerprint density at radius 1 is 1.17 bits per heavy atom. The molecule has 3 aromatic rings. The highest BCUT2D eigenvalue weighted by Crippen LogP contribution is 2.32. The summed E-state index contributed by atoms with van der Waals surface area (Å²) in [5.74, 6) is 4.41. The van der Waals surface area contributed by atoms with E-state index in [0.29, 0.717) is 17.0 Å². The molecule has 120 valence electrons. The van der Waals surface area contributed by atoms with Crippen LogP contribution in [0.4, 0.5) is 8.78 Å². The molecule has 0 atom stereocenters. The predicted octanol–water partition coefficient (Wildman–Crippen LogP) is 4.20. The SMILES string of the molecule is COc1c(F)cc(F)cc1-c1ccc(C#Cc2csc(C)n2)cn1. The average Bonchev–Trinajstić information content (AvgIpc) is 2.98. The Morgan fingerprint density at radius 3 is 2.62 bits per heavy atom. The van der Waals surface area contributed by atoms with Crippen LogP contribution in [0.15, 0.2) is 35.8 Å². The second-order valence-electron chi connectivity index (χ2n) is 4.90. The van der Waals surface area contributed by atoms with Crippen LogP contribution in [0.2, 0.25) is 0 Å². The maximum Gasteiger partial charge on any atom is 0.168 e. The van der Waals surface area contributed by atoms with Gasteiger partial charge in [-0.05, 0) is 31.0 Å². The zero-order chi connectivity index (χ0) is 17.1. The summed E-state index contributed by atoms with van der Waals surface area (Å²) in [7, 11) is 1.33. The van der Waals surface area contributed by atoms with Crippen molar-refractivity contribution in [3.8, 4) is 28.8 Å². The third-order valence-corrected chi connectivity index (χ3v) is 3.98. The molecule has 2 aromatic heterocycles. The Morgan fingerprint density at radius 2 is 2.00 bits per heavy atom. The maximum atomic E-state index is 13.8. The molecule has 0 fully saturated rings. The van der Waals surface area contributed by atoms with E-state index in [1.54, 1.807) is 18.3 Å². The number of hydrogen-bond donors (Lipinski definition) is 0. The minimum atomic E-state index is -0.767. The molecule has 0 radical (unpaired) electrons. The molecule has 24 heavy (non-hydrogen) atoms. The van der Waals surface area contributed by atoms with Crippen LogP contribution in [-0.2, 0) is 0 Å². The van der Waals surface area contributed by atoms with Gasteiger partial charge < -0.3 is 4.74 Å². The van der Waals surface area contributed by atoms with Crippen LogP contribution in [0, 0.1) is 30.4 Å². The minimum Gasteiger partial charge on any atom is -0.493 e. The van der Waals surface area contributed by atoms with Crippen LogP contribution >= 0.6 is 11.3 Å². The van der Waals surface area contributed by atoms with E-state index in [2.05, 4.69) is 21.8 Å². The zero-order valence-electron chi connectivity index (χ0n) is 12.9. The van der Waals surface area contributed by atoms with Gasteiger partial charge in [0.05, 0.1) is 17.8 Å². The summed E-state index contributed by atoms with van der Waals surface area (Å²) >= 11 is 1.53. The van der Waals surface area contributed by atoms with Gasteiger partial charge in [0, 0.05) is 28.8 Å². The van der Waals surface area contributed by atoms with Crippen molar-refractivity contribution in [2.24, 2.45) is 0 Å². The molecule has 0 bridgehead atoms. The van der Waals surface area contributed by atoms with Crippen molar-refractivity contribution in [2.75, 3.05) is 7.11 Å². The number of thiazole rings is 1. The summed E-state index contributed by atoms with van der Waals surface area (Å²) < 4.78 is 32.2. The highest BCUT2D eigenvalue weighted by molar-refractivity contribution is 7.09. The molecule has 0 N–H and O–H groups in total. The summed E-state index contributed by atoms with van der Waals surface area (Å²) in [6.07, 6.45) is 1.55. The van der Waals surface area contributed by atoms with Gasteiger partial charge in [0.2, 0.25) is 0 Å². The molecular weight excluding hydrogens is 330 g/mol. The van der Waals surface area contributed by atoms with Crippen LogP contribution in [-0.4, -0.2) is 17.1 Å². The third-order valence-electron chi connectivity index (χ3n) is 3.21. The van der Waals surface area contributed by atoms with Gasteiger partial charge in [-0.1, -0.05) is 5.92 Å². The van der Waals surface area contributed by atoms with Crippen molar-refractivity contribution in [2.45, 2.75) is 6.92 Å². The first-order chi connectivity index (χ1) is 11.6. The van der Waals surface area contributed by atoms with E-state index in [1.165, 1.54) is 24.5 Å². The Bertz CT molecular complexity index is 940. The van der Waals surface area contributed by atoms with Gasteiger partial charge in [0.25, 0.3) is 0 Å². The monoisotopic (exact) mass is 342 g/mol. The van der Waals surface area contributed by atoms with E-state index in [0.717, 1.165) is 11.1 Å². The van der Waals surface area contributed by atoms with Crippen LogP contribution in [0.3, 0.4) is 0 Å². The Labute approximate surface area is 142 Å². The second-order valence-corrected chi connectivity index (χ2v) is 5.96. The van der Waals surface area contributed by atoms with Gasteiger partial charge in [0.1, 0.15) is 11.5 Å². The smallest absolute Gasteiger partial charge is 0.168 e. The van der Waals surface area contributed by atoms with Crippen LogP contribution in [0.1, 0.15) is 16.3 Å². The predicted molar refractivity (Wildman–Crippen MR) is 89.0 cm³/mol. The summed E-state index contributed by atoms with van der Waals surface area (Å²) in [5, 5.41) is 2.83. The number of pyridine rings is 1. The highest BCUT2D eigenvalue weighted by atomic mass is 32.1. The van der Waals surface area contributed by atoms with Gasteiger partial charge >= 0.3 is 0 Å². The number of benzene rings is 1. The molecule has 3 nitrogen and oxygen atoms in total. The first-order valence-electron chi connectivity index (χ1n) is 7.00. The van der Waals surface area contributed by atoms with Crippen LogP contribution < -0.4 is 4.74 Å². The molecule has 0 aliphatic rings. The Balaban J connectivity index is 1.92. The summed E-state index contributed by atoms with van der Waals surface area (Å²) in [6.45, 7) is 1.91. The molecule has 0 spiro atoms. The van der Waals surface area contributed by atoms with Crippen molar-refractivity contribution < 1.29 is 13.5 Å². The standard InChI is InChI=1S/C18H12F2N2OS/c1-11-22-14(10-24-11)5-3-12-4-6-17(21-9-12)15-7-13(19)8-16(20)18(15)23-2/h4,6-10H,1-2H3. The minimum absolute atomic E-state index is 0.0410. The molecule has 0 saturated carbocycles. The van der Waals surface area contributed by atoms with Crippen LogP contribution in [0.5, 0.6) is 5.75 Å². The number of rotatable bonds is 2. The van der Waals surface area contributed by atoms with Crippen molar-refractivity contribution in [3.05, 3.63) is 63.7 Å². The fraction of sp³-hybridized carbons (Fsp3) is 0.111. The molecule has 0 unspecified atom stereocenters. The van der Waals surface area contributed by atoms with Crippen molar-refractivity contribution >= 4 is 11.3 Å². The first-order valence-corrected chi connectivity index (χ1v) is 7.88. The molecule has 0 amide bonds. The number of methoxy groups -OCH3 is 1. The average molecular weight is 342 g/mol. The van der Waals surface area contributed by atoms with Crippen LogP contribution in [0.25, 0.3) is 11.3 Å². The van der Waals surface area contributed by atoms with E-state index in [9.17, 15) is 8.78 Å². The van der Waals surface area contributed by atoms with Gasteiger partial charge in [-0.3, -0.25) is 4.98 Å². The molecule has 6 heteroatoms. The molecule has 0 aliphatic carbocycles. The molecule has 3 rings (SSSR count).